The Morgan fingerprint density at radius 1 is 0.853 bits per heavy atom. The lowest BCUT2D eigenvalue weighted by atomic mass is 9.83. The van der Waals surface area contributed by atoms with Crippen molar-refractivity contribution in [3.05, 3.63) is 0 Å². The number of aliphatic hydroxyl groups is 4. The van der Waals surface area contributed by atoms with Crippen LogP contribution in [0, 0.1) is 11.8 Å². The lowest BCUT2D eigenvalue weighted by Gasteiger charge is -2.41. The molecule has 3 aliphatic rings. The first-order valence-corrected chi connectivity index (χ1v) is 13.0. The summed E-state index contributed by atoms with van der Waals surface area (Å²) in [6.07, 6.45) is 6.19. The van der Waals surface area contributed by atoms with Gasteiger partial charge in [0.2, 0.25) is 11.8 Å². The molecule has 1 heterocycles. The predicted octanol–water partition coefficient (Wildman–Crippen LogP) is -0.345. The van der Waals surface area contributed by atoms with Gasteiger partial charge in [-0.25, -0.2) is 0 Å². The molecular formula is C24H43N3O7. The molecule has 0 bridgehead atoms. The summed E-state index contributed by atoms with van der Waals surface area (Å²) in [5.41, 5.74) is 6.21. The summed E-state index contributed by atoms with van der Waals surface area (Å²) in [6.45, 7) is -0.588. The lowest BCUT2D eigenvalue weighted by molar-refractivity contribution is -0.254. The van der Waals surface area contributed by atoms with Crippen LogP contribution in [-0.4, -0.2) is 81.6 Å². The zero-order valence-corrected chi connectivity index (χ0v) is 20.0. The number of aliphatic hydroxyl groups excluding tert-OH is 4. The van der Waals surface area contributed by atoms with Crippen LogP contribution in [0.5, 0.6) is 0 Å². The molecule has 0 spiro atoms. The van der Waals surface area contributed by atoms with E-state index < -0.39 is 55.2 Å². The van der Waals surface area contributed by atoms with Gasteiger partial charge in [0.15, 0.2) is 6.29 Å². The minimum Gasteiger partial charge on any atom is -0.394 e. The van der Waals surface area contributed by atoms with Crippen molar-refractivity contribution < 1.29 is 34.8 Å². The Morgan fingerprint density at radius 3 is 1.97 bits per heavy atom. The largest absolute Gasteiger partial charge is 0.394 e. The highest BCUT2D eigenvalue weighted by molar-refractivity contribution is 5.89. The predicted molar refractivity (Wildman–Crippen MR) is 124 cm³/mol. The van der Waals surface area contributed by atoms with E-state index in [1.54, 1.807) is 0 Å². The first kappa shape index (κ1) is 27.3. The molecular weight excluding hydrogens is 442 g/mol. The molecule has 0 aromatic rings. The molecule has 196 valence electrons. The Hall–Kier alpha value is -1.30. The molecule has 3 rings (SSSR count). The molecule has 7 atom stereocenters. The maximum Gasteiger partial charge on any atom is 0.243 e. The van der Waals surface area contributed by atoms with Crippen molar-refractivity contribution in [2.75, 3.05) is 6.61 Å². The van der Waals surface area contributed by atoms with Crippen molar-refractivity contribution >= 4 is 11.8 Å². The van der Waals surface area contributed by atoms with E-state index in [1.165, 1.54) is 6.42 Å². The van der Waals surface area contributed by atoms with Crippen molar-refractivity contribution in [2.24, 2.45) is 17.6 Å². The first-order valence-electron chi connectivity index (χ1n) is 13.0. The van der Waals surface area contributed by atoms with Gasteiger partial charge in [-0.15, -0.1) is 0 Å². The van der Waals surface area contributed by atoms with Crippen LogP contribution < -0.4 is 16.4 Å². The van der Waals surface area contributed by atoms with E-state index in [9.17, 15) is 30.0 Å². The van der Waals surface area contributed by atoms with E-state index in [4.69, 9.17) is 10.5 Å². The van der Waals surface area contributed by atoms with Gasteiger partial charge in [0.1, 0.15) is 30.4 Å². The summed E-state index contributed by atoms with van der Waals surface area (Å²) in [5.74, 6) is -0.236. The van der Waals surface area contributed by atoms with Crippen LogP contribution in [0.15, 0.2) is 0 Å². The maximum absolute atomic E-state index is 13.2. The van der Waals surface area contributed by atoms with Gasteiger partial charge >= 0.3 is 0 Å². The third kappa shape index (κ3) is 7.35. The molecule has 2 saturated carbocycles. The lowest BCUT2D eigenvalue weighted by Crippen LogP contribution is -2.66. The first-order chi connectivity index (χ1) is 16.3. The maximum atomic E-state index is 13.2. The number of hydrogen-bond donors (Lipinski definition) is 7. The molecule has 0 aromatic carbocycles. The Bertz CT molecular complexity index is 654. The number of amides is 2. The van der Waals surface area contributed by atoms with Crippen molar-refractivity contribution in [2.45, 2.75) is 120 Å². The third-order valence-electron chi connectivity index (χ3n) is 7.78. The van der Waals surface area contributed by atoms with E-state index in [0.717, 1.165) is 57.8 Å². The number of hydrogen-bond acceptors (Lipinski definition) is 8. The number of nitrogens with two attached hydrogens (primary N) is 1. The second-order valence-electron chi connectivity index (χ2n) is 10.4. The fourth-order valence-corrected chi connectivity index (χ4v) is 5.67. The van der Waals surface area contributed by atoms with Gasteiger partial charge in [0.25, 0.3) is 0 Å². The summed E-state index contributed by atoms with van der Waals surface area (Å²) in [4.78, 5) is 26.1. The molecule has 10 heteroatoms. The second-order valence-corrected chi connectivity index (χ2v) is 10.4. The average Bonchev–Trinajstić information content (AvgIpc) is 2.84. The molecule has 34 heavy (non-hydrogen) atoms. The number of nitrogens with one attached hydrogen (secondary N) is 2. The summed E-state index contributed by atoms with van der Waals surface area (Å²) in [7, 11) is 0. The number of rotatable bonds is 9. The SMILES string of the molecule is NC(CC1CCCCC1)C(=O)NC(CC1CCCCC1)C(=O)NC1C(O)OC(CO)C(O)C1O. The summed E-state index contributed by atoms with van der Waals surface area (Å²) in [5, 5.41) is 45.4. The van der Waals surface area contributed by atoms with Gasteiger partial charge in [-0.05, 0) is 24.7 Å². The molecule has 7 unspecified atom stereocenters. The van der Waals surface area contributed by atoms with Crippen LogP contribution in [0.1, 0.15) is 77.0 Å². The number of carbonyl (C=O) groups is 2. The van der Waals surface area contributed by atoms with Gasteiger partial charge in [-0.1, -0.05) is 64.2 Å². The third-order valence-corrected chi connectivity index (χ3v) is 7.78. The van der Waals surface area contributed by atoms with E-state index >= 15 is 0 Å². The normalized spacial score (nSPS) is 33.1. The summed E-state index contributed by atoms with van der Waals surface area (Å²) in [6, 6.07) is -2.88. The van der Waals surface area contributed by atoms with Gasteiger partial charge in [-0.2, -0.15) is 0 Å². The fraction of sp³-hybridized carbons (Fsp3) is 0.917. The van der Waals surface area contributed by atoms with Crippen LogP contribution >= 0.6 is 0 Å². The standard InChI is InChI=1S/C24H43N3O7/c25-16(11-14-7-3-1-4-8-14)22(31)26-17(12-15-9-5-2-6-10-15)23(32)27-19-21(30)20(29)18(13-28)34-24(19)33/h14-21,24,28-30,33H,1-13,25H2,(H,26,31)(H,27,32). The zero-order chi connectivity index (χ0) is 24.7. The molecule has 0 radical (unpaired) electrons. The Morgan fingerprint density at radius 2 is 1.41 bits per heavy atom. The highest BCUT2D eigenvalue weighted by Crippen LogP contribution is 2.29. The molecule has 1 saturated heterocycles. The quantitative estimate of drug-likeness (QED) is 0.232. The zero-order valence-electron chi connectivity index (χ0n) is 20.0. The van der Waals surface area contributed by atoms with E-state index in [0.29, 0.717) is 18.8 Å². The average molecular weight is 486 g/mol. The molecule has 2 aliphatic carbocycles. The Labute approximate surface area is 201 Å². The van der Waals surface area contributed by atoms with E-state index in [2.05, 4.69) is 10.6 Å². The van der Waals surface area contributed by atoms with Crippen LogP contribution in [0.4, 0.5) is 0 Å². The van der Waals surface area contributed by atoms with Crippen LogP contribution in [-0.2, 0) is 14.3 Å². The van der Waals surface area contributed by atoms with Crippen molar-refractivity contribution in [3.63, 3.8) is 0 Å². The molecule has 3 fully saturated rings. The van der Waals surface area contributed by atoms with Gasteiger partial charge in [-0.3, -0.25) is 9.59 Å². The minimum atomic E-state index is -1.61. The van der Waals surface area contributed by atoms with Crippen LogP contribution in [0.25, 0.3) is 0 Å². The van der Waals surface area contributed by atoms with E-state index in [-0.39, 0.29) is 11.8 Å². The molecule has 0 aromatic heterocycles. The number of carbonyl (C=O) groups excluding carboxylic acids is 2. The van der Waals surface area contributed by atoms with E-state index in [1.807, 2.05) is 0 Å². The van der Waals surface area contributed by atoms with Crippen LogP contribution in [0.3, 0.4) is 0 Å². The monoisotopic (exact) mass is 485 g/mol. The van der Waals surface area contributed by atoms with Crippen LogP contribution in [0.2, 0.25) is 0 Å². The Balaban J connectivity index is 1.63. The smallest absolute Gasteiger partial charge is 0.243 e. The molecule has 1 aliphatic heterocycles. The Kier molecular flexibility index (Phi) is 10.5. The highest BCUT2D eigenvalue weighted by atomic mass is 16.6. The topological polar surface area (TPSA) is 174 Å². The molecule has 10 nitrogen and oxygen atoms in total. The molecule has 2 amide bonds. The van der Waals surface area contributed by atoms with Crippen molar-refractivity contribution in [1.82, 2.24) is 10.6 Å². The summed E-state index contributed by atoms with van der Waals surface area (Å²) >= 11 is 0. The fourth-order valence-electron chi connectivity index (χ4n) is 5.67. The van der Waals surface area contributed by atoms with Gasteiger partial charge in [0.05, 0.1) is 12.6 Å². The van der Waals surface area contributed by atoms with Crippen molar-refractivity contribution in [3.8, 4) is 0 Å². The molecule has 8 N–H and O–H groups in total. The number of ether oxygens (including phenoxy) is 1. The van der Waals surface area contributed by atoms with Gasteiger partial charge < -0.3 is 41.5 Å². The highest BCUT2D eigenvalue weighted by Gasteiger charge is 2.45. The van der Waals surface area contributed by atoms with Gasteiger partial charge in [0, 0.05) is 0 Å². The van der Waals surface area contributed by atoms with Crippen molar-refractivity contribution in [1.29, 1.82) is 0 Å². The summed E-state index contributed by atoms with van der Waals surface area (Å²) < 4.78 is 5.14. The minimum absolute atomic E-state index is 0.279. The second kappa shape index (κ2) is 13.1.